The maximum atomic E-state index is 12.0. The van der Waals surface area contributed by atoms with E-state index in [1.54, 1.807) is 0 Å². The van der Waals surface area contributed by atoms with Crippen molar-refractivity contribution in [2.45, 2.75) is 23.2 Å². The van der Waals surface area contributed by atoms with Gasteiger partial charge in [-0.3, -0.25) is 4.21 Å². The standard InChI is InChI=1S/C12H14NOS.Rb/c14-15-9-12(5-7-13-8-6-12)10-3-1-2-4-11(10)15;/h2-4,13H,5-9H2;/q-1;+1. The van der Waals surface area contributed by atoms with E-state index in [0.29, 0.717) is 0 Å². The van der Waals surface area contributed by atoms with E-state index in [9.17, 15) is 4.21 Å². The van der Waals surface area contributed by atoms with E-state index < -0.39 is 10.8 Å². The van der Waals surface area contributed by atoms with E-state index >= 15 is 0 Å². The van der Waals surface area contributed by atoms with Gasteiger partial charge >= 0.3 is 58.2 Å². The number of benzene rings is 1. The monoisotopic (exact) mass is 305 g/mol. The summed E-state index contributed by atoms with van der Waals surface area (Å²) in [4.78, 5) is 1.05. The molecule has 3 rings (SSSR count). The van der Waals surface area contributed by atoms with Gasteiger partial charge in [-0.25, -0.2) is 0 Å². The molecule has 1 unspecified atom stereocenters. The molecule has 2 nitrogen and oxygen atoms in total. The normalized spacial score (nSPS) is 26.1. The Hall–Kier alpha value is 1.14. The molecule has 1 saturated heterocycles. The van der Waals surface area contributed by atoms with Crippen molar-refractivity contribution in [1.29, 1.82) is 0 Å². The number of hydrogen-bond acceptors (Lipinski definition) is 2. The molecule has 1 aromatic rings. The zero-order chi connectivity index (χ0) is 10.3. The topological polar surface area (TPSA) is 29.1 Å². The quantitative estimate of drug-likeness (QED) is 0.575. The molecule has 0 bridgehead atoms. The third-order valence-electron chi connectivity index (χ3n) is 3.61. The third-order valence-corrected chi connectivity index (χ3v) is 5.27. The fourth-order valence-electron chi connectivity index (χ4n) is 2.75. The number of piperidine rings is 1. The molecule has 80 valence electrons. The minimum atomic E-state index is -0.782. The van der Waals surface area contributed by atoms with Crippen LogP contribution in [0.25, 0.3) is 0 Å². The maximum Gasteiger partial charge on any atom is 1.00 e. The summed E-state index contributed by atoms with van der Waals surface area (Å²) < 4.78 is 12.0. The molecule has 0 amide bonds. The van der Waals surface area contributed by atoms with Crippen molar-refractivity contribution in [2.75, 3.05) is 18.8 Å². The fourth-order valence-corrected chi connectivity index (χ4v) is 4.60. The first kappa shape index (κ1) is 13.6. The van der Waals surface area contributed by atoms with Crippen LogP contribution in [-0.2, 0) is 16.2 Å². The summed E-state index contributed by atoms with van der Waals surface area (Å²) in [5.41, 5.74) is 1.48. The number of nitrogens with one attached hydrogen (secondary N) is 1. The average molecular weight is 306 g/mol. The zero-order valence-corrected chi connectivity index (χ0v) is 15.3. The van der Waals surface area contributed by atoms with Crippen molar-refractivity contribution in [3.05, 3.63) is 29.8 Å². The number of fused-ring (bicyclic) bond motifs is 2. The van der Waals surface area contributed by atoms with Gasteiger partial charge in [-0.05, 0) is 31.3 Å². The summed E-state index contributed by atoms with van der Waals surface area (Å²) in [7, 11) is -0.782. The van der Waals surface area contributed by atoms with Crippen molar-refractivity contribution in [3.63, 3.8) is 0 Å². The second-order valence-corrected chi connectivity index (χ2v) is 5.86. The molecule has 1 spiro atoms. The van der Waals surface area contributed by atoms with Gasteiger partial charge in [0.05, 0.1) is 0 Å². The summed E-state index contributed by atoms with van der Waals surface area (Å²) in [6.07, 6.45) is 2.23. The van der Waals surface area contributed by atoms with Gasteiger partial charge in [0.25, 0.3) is 0 Å². The Kier molecular flexibility index (Phi) is 4.59. The van der Waals surface area contributed by atoms with Gasteiger partial charge in [-0.15, -0.1) is 5.56 Å². The first-order valence-corrected chi connectivity index (χ1v) is 6.73. The first-order valence-electron chi connectivity index (χ1n) is 5.42. The van der Waals surface area contributed by atoms with E-state index in [-0.39, 0.29) is 63.6 Å². The summed E-state index contributed by atoms with van der Waals surface area (Å²) in [6.45, 7) is 2.09. The van der Waals surface area contributed by atoms with Crippen LogP contribution in [0.15, 0.2) is 23.1 Å². The second-order valence-electron chi connectivity index (χ2n) is 4.44. The van der Waals surface area contributed by atoms with Gasteiger partial charge in [0.1, 0.15) is 0 Å². The minimum Gasteiger partial charge on any atom is -0.317 e. The van der Waals surface area contributed by atoms with E-state index in [4.69, 9.17) is 0 Å². The molecule has 2 heterocycles. The van der Waals surface area contributed by atoms with Crippen molar-refractivity contribution in [2.24, 2.45) is 0 Å². The van der Waals surface area contributed by atoms with Gasteiger partial charge in [0.15, 0.2) is 0 Å². The van der Waals surface area contributed by atoms with Crippen LogP contribution in [0.1, 0.15) is 18.4 Å². The Morgan fingerprint density at radius 2 is 2.12 bits per heavy atom. The largest absolute Gasteiger partial charge is 1.00 e. The molecular weight excluding hydrogens is 292 g/mol. The SMILES string of the molecule is O=S1CC2(CCNCC2)c2c[c-]ccc21.[Rb+]. The molecule has 1 fully saturated rings. The summed E-state index contributed by atoms with van der Waals surface area (Å²) >= 11 is 0. The van der Waals surface area contributed by atoms with Crippen LogP contribution in [0.2, 0.25) is 0 Å². The van der Waals surface area contributed by atoms with Crippen molar-refractivity contribution in [1.82, 2.24) is 5.32 Å². The van der Waals surface area contributed by atoms with Crippen LogP contribution in [-0.4, -0.2) is 23.1 Å². The van der Waals surface area contributed by atoms with Gasteiger partial charge in [-0.2, -0.15) is 24.3 Å². The van der Waals surface area contributed by atoms with E-state index in [0.717, 1.165) is 36.6 Å². The van der Waals surface area contributed by atoms with E-state index in [1.807, 2.05) is 18.2 Å². The third kappa shape index (κ3) is 2.19. The van der Waals surface area contributed by atoms with Crippen LogP contribution in [0.5, 0.6) is 0 Å². The zero-order valence-electron chi connectivity index (χ0n) is 9.58. The Labute approximate surface area is 148 Å². The van der Waals surface area contributed by atoms with Crippen molar-refractivity contribution < 1.29 is 62.4 Å². The molecule has 0 aromatic heterocycles. The molecule has 0 aliphatic carbocycles. The number of hydrogen-bond donors (Lipinski definition) is 1. The Morgan fingerprint density at radius 3 is 2.88 bits per heavy atom. The van der Waals surface area contributed by atoms with Crippen LogP contribution in [0.3, 0.4) is 0 Å². The molecule has 1 atom stereocenters. The first-order chi connectivity index (χ1) is 7.32. The molecule has 1 aromatic carbocycles. The molecular formula is C12H14NORbS. The second kappa shape index (κ2) is 5.41. The van der Waals surface area contributed by atoms with Crippen LogP contribution in [0, 0.1) is 6.07 Å². The maximum absolute atomic E-state index is 12.0. The Bertz CT molecular complexity index is 415. The van der Waals surface area contributed by atoms with Crippen molar-refractivity contribution >= 4 is 10.8 Å². The summed E-state index contributed by atoms with van der Waals surface area (Å²) in [5.74, 6) is 0.821. The fraction of sp³-hybridized carbons (Fsp3) is 0.500. The molecule has 4 heteroatoms. The molecule has 2 aliphatic rings. The minimum absolute atomic E-state index is 0. The van der Waals surface area contributed by atoms with E-state index in [2.05, 4.69) is 11.4 Å². The van der Waals surface area contributed by atoms with Crippen LogP contribution >= 0.6 is 0 Å². The number of rotatable bonds is 0. The summed E-state index contributed by atoms with van der Waals surface area (Å²) in [5, 5.41) is 3.37. The van der Waals surface area contributed by atoms with Crippen LogP contribution in [0.4, 0.5) is 0 Å². The van der Waals surface area contributed by atoms with Gasteiger partial charge in [0.2, 0.25) is 0 Å². The Morgan fingerprint density at radius 1 is 1.38 bits per heavy atom. The Balaban J connectivity index is 0.000000963. The van der Waals surface area contributed by atoms with Crippen molar-refractivity contribution in [3.8, 4) is 0 Å². The smallest absolute Gasteiger partial charge is 0.317 e. The van der Waals surface area contributed by atoms with E-state index in [1.165, 1.54) is 5.56 Å². The van der Waals surface area contributed by atoms with Gasteiger partial charge in [-0.1, -0.05) is 4.90 Å². The molecule has 0 saturated carbocycles. The molecule has 16 heavy (non-hydrogen) atoms. The predicted octanol–water partition coefficient (Wildman–Crippen LogP) is -1.77. The molecule has 1 N–H and O–H groups in total. The molecule has 2 aliphatic heterocycles. The average Bonchev–Trinajstić information content (AvgIpc) is 2.55. The van der Waals surface area contributed by atoms with Gasteiger partial charge in [0, 0.05) is 16.6 Å². The molecule has 0 radical (unpaired) electrons. The van der Waals surface area contributed by atoms with Crippen LogP contribution < -0.4 is 63.5 Å². The summed E-state index contributed by atoms with van der Waals surface area (Å²) in [6, 6.07) is 9.02. The van der Waals surface area contributed by atoms with Gasteiger partial charge < -0.3 is 5.32 Å². The predicted molar refractivity (Wildman–Crippen MR) is 60.3 cm³/mol.